The maximum Gasteiger partial charge on any atom is 0.253 e. The molecule has 0 aromatic heterocycles. The molecule has 0 unspecified atom stereocenters. The zero-order valence-electron chi connectivity index (χ0n) is 13.1. The summed E-state index contributed by atoms with van der Waals surface area (Å²) < 4.78 is 10.9. The van der Waals surface area contributed by atoms with Crippen LogP contribution in [0.3, 0.4) is 0 Å². The van der Waals surface area contributed by atoms with Crippen LogP contribution in [0, 0.1) is 0 Å². The Morgan fingerprint density at radius 2 is 2.32 bits per heavy atom. The van der Waals surface area contributed by atoms with E-state index in [0.717, 1.165) is 48.6 Å². The Hall–Kier alpha value is -2.01. The average molecular weight is 302 g/mol. The molecule has 5 heteroatoms. The third-order valence-electron chi connectivity index (χ3n) is 4.33. The second kappa shape index (κ2) is 6.40. The number of likely N-dealkylation sites (N-methyl/N-ethyl adjacent to an activating group) is 1. The smallest absolute Gasteiger partial charge is 0.253 e. The monoisotopic (exact) mass is 302 g/mol. The summed E-state index contributed by atoms with van der Waals surface area (Å²) in [6, 6.07) is 6.04. The fourth-order valence-corrected chi connectivity index (χ4v) is 2.99. The molecule has 118 valence electrons. The van der Waals surface area contributed by atoms with Crippen molar-refractivity contribution < 1.29 is 14.3 Å². The number of ether oxygens (including phenoxy) is 2. The molecule has 1 amide bonds. The fourth-order valence-electron chi connectivity index (χ4n) is 2.99. The van der Waals surface area contributed by atoms with E-state index in [1.807, 2.05) is 36.2 Å². The Morgan fingerprint density at radius 3 is 3.09 bits per heavy atom. The van der Waals surface area contributed by atoms with Gasteiger partial charge in [-0.1, -0.05) is 0 Å². The SMILES string of the molecule is CN[C@@H]1CCCN(C(=O)C2=Cc3ccc(OC)cc3OC2)C1. The molecule has 5 nitrogen and oxygen atoms in total. The van der Waals surface area contributed by atoms with Crippen LogP contribution in [0.1, 0.15) is 18.4 Å². The maximum atomic E-state index is 12.7. The standard InChI is InChI=1S/C17H22N2O3/c1-18-14-4-3-7-19(10-14)17(20)13-8-12-5-6-15(21-2)9-16(12)22-11-13/h5-6,8-9,14,18H,3-4,7,10-11H2,1-2H3/t14-/m1/s1. The molecule has 1 N–H and O–H groups in total. The lowest BCUT2D eigenvalue weighted by atomic mass is 10.0. The van der Waals surface area contributed by atoms with Crippen molar-refractivity contribution >= 4 is 12.0 Å². The third kappa shape index (κ3) is 2.95. The van der Waals surface area contributed by atoms with E-state index in [2.05, 4.69) is 5.32 Å². The van der Waals surface area contributed by atoms with Gasteiger partial charge in [0.25, 0.3) is 5.91 Å². The Morgan fingerprint density at radius 1 is 1.45 bits per heavy atom. The van der Waals surface area contributed by atoms with Crippen LogP contribution in [0.2, 0.25) is 0 Å². The molecule has 1 atom stereocenters. The minimum atomic E-state index is 0.0846. The van der Waals surface area contributed by atoms with Gasteiger partial charge in [0.2, 0.25) is 0 Å². The van der Waals surface area contributed by atoms with Gasteiger partial charge in [0.1, 0.15) is 18.1 Å². The summed E-state index contributed by atoms with van der Waals surface area (Å²) in [6.07, 6.45) is 4.10. The number of piperidine rings is 1. The fraction of sp³-hybridized carbons (Fsp3) is 0.471. The van der Waals surface area contributed by atoms with Crippen molar-refractivity contribution in [2.75, 3.05) is 33.9 Å². The summed E-state index contributed by atoms with van der Waals surface area (Å²) in [5, 5.41) is 3.26. The Balaban J connectivity index is 1.77. The van der Waals surface area contributed by atoms with Gasteiger partial charge in [-0.25, -0.2) is 0 Å². The first-order valence-electron chi connectivity index (χ1n) is 7.69. The van der Waals surface area contributed by atoms with E-state index < -0.39 is 0 Å². The molecule has 0 saturated carbocycles. The zero-order valence-corrected chi connectivity index (χ0v) is 13.1. The molecule has 0 aliphatic carbocycles. The van der Waals surface area contributed by atoms with Gasteiger partial charge in [-0.05, 0) is 38.1 Å². The largest absolute Gasteiger partial charge is 0.497 e. The van der Waals surface area contributed by atoms with Crippen molar-refractivity contribution in [2.24, 2.45) is 0 Å². The average Bonchev–Trinajstić information content (AvgIpc) is 2.60. The second-order valence-electron chi connectivity index (χ2n) is 5.74. The topological polar surface area (TPSA) is 50.8 Å². The molecule has 1 fully saturated rings. The van der Waals surface area contributed by atoms with Crippen LogP contribution >= 0.6 is 0 Å². The van der Waals surface area contributed by atoms with Crippen LogP contribution in [-0.2, 0) is 4.79 Å². The van der Waals surface area contributed by atoms with Crippen molar-refractivity contribution in [2.45, 2.75) is 18.9 Å². The van der Waals surface area contributed by atoms with E-state index in [1.165, 1.54) is 0 Å². The Bertz CT molecular complexity index is 598. The molecule has 2 aliphatic rings. The molecule has 22 heavy (non-hydrogen) atoms. The van der Waals surface area contributed by atoms with E-state index in [9.17, 15) is 4.79 Å². The summed E-state index contributed by atoms with van der Waals surface area (Å²) in [4.78, 5) is 14.6. The van der Waals surface area contributed by atoms with Gasteiger partial charge < -0.3 is 19.7 Å². The van der Waals surface area contributed by atoms with E-state index in [0.29, 0.717) is 12.6 Å². The normalized spacial score (nSPS) is 20.7. The van der Waals surface area contributed by atoms with Crippen molar-refractivity contribution in [3.8, 4) is 11.5 Å². The first-order valence-corrected chi connectivity index (χ1v) is 7.69. The van der Waals surface area contributed by atoms with Gasteiger partial charge in [-0.3, -0.25) is 4.79 Å². The molecule has 3 rings (SSSR count). The molecule has 0 spiro atoms. The summed E-state index contributed by atoms with van der Waals surface area (Å²) in [7, 11) is 3.58. The van der Waals surface area contributed by atoms with Crippen molar-refractivity contribution in [1.82, 2.24) is 10.2 Å². The molecular formula is C17H22N2O3. The molecular weight excluding hydrogens is 280 g/mol. The highest BCUT2D eigenvalue weighted by Gasteiger charge is 2.26. The van der Waals surface area contributed by atoms with Gasteiger partial charge in [-0.2, -0.15) is 0 Å². The van der Waals surface area contributed by atoms with E-state index in [4.69, 9.17) is 9.47 Å². The number of nitrogens with zero attached hydrogens (tertiary/aromatic N) is 1. The second-order valence-corrected chi connectivity index (χ2v) is 5.74. The van der Waals surface area contributed by atoms with Gasteiger partial charge in [-0.15, -0.1) is 0 Å². The van der Waals surface area contributed by atoms with E-state index in [-0.39, 0.29) is 5.91 Å². The van der Waals surface area contributed by atoms with Gasteiger partial charge >= 0.3 is 0 Å². The van der Waals surface area contributed by atoms with Crippen molar-refractivity contribution in [3.63, 3.8) is 0 Å². The molecule has 2 aliphatic heterocycles. The molecule has 1 saturated heterocycles. The number of methoxy groups -OCH3 is 1. The number of fused-ring (bicyclic) bond motifs is 1. The number of benzene rings is 1. The number of hydrogen-bond acceptors (Lipinski definition) is 4. The predicted octanol–water partition coefficient (Wildman–Crippen LogP) is 1.68. The number of likely N-dealkylation sites (tertiary alicyclic amines) is 1. The van der Waals surface area contributed by atoms with Crippen LogP contribution in [0.15, 0.2) is 23.8 Å². The summed E-state index contributed by atoms with van der Waals surface area (Å²) in [5.74, 6) is 1.61. The molecule has 0 bridgehead atoms. The predicted molar refractivity (Wildman–Crippen MR) is 85.1 cm³/mol. The number of hydrogen-bond donors (Lipinski definition) is 1. The minimum absolute atomic E-state index is 0.0846. The highest BCUT2D eigenvalue weighted by Crippen LogP contribution is 2.31. The quantitative estimate of drug-likeness (QED) is 0.923. The lowest BCUT2D eigenvalue weighted by Crippen LogP contribution is -2.47. The van der Waals surface area contributed by atoms with E-state index >= 15 is 0 Å². The van der Waals surface area contributed by atoms with Gasteiger partial charge in [0, 0.05) is 30.8 Å². The molecule has 0 radical (unpaired) electrons. The lowest BCUT2D eigenvalue weighted by molar-refractivity contribution is -0.128. The highest BCUT2D eigenvalue weighted by molar-refractivity contribution is 5.99. The van der Waals surface area contributed by atoms with E-state index in [1.54, 1.807) is 7.11 Å². The summed E-state index contributed by atoms with van der Waals surface area (Å²) in [6.45, 7) is 1.91. The molecule has 1 aromatic rings. The Kier molecular flexibility index (Phi) is 4.34. The summed E-state index contributed by atoms with van der Waals surface area (Å²) in [5.41, 5.74) is 1.65. The lowest BCUT2D eigenvalue weighted by Gasteiger charge is -2.33. The molecule has 2 heterocycles. The van der Waals surface area contributed by atoms with Crippen LogP contribution in [0.5, 0.6) is 11.5 Å². The first-order chi connectivity index (χ1) is 10.7. The molecule has 1 aromatic carbocycles. The zero-order chi connectivity index (χ0) is 15.5. The maximum absolute atomic E-state index is 12.7. The van der Waals surface area contributed by atoms with Crippen molar-refractivity contribution in [1.29, 1.82) is 0 Å². The van der Waals surface area contributed by atoms with Crippen molar-refractivity contribution in [3.05, 3.63) is 29.3 Å². The number of carbonyl (C=O) groups is 1. The first kappa shape index (κ1) is 14.9. The number of rotatable bonds is 3. The number of carbonyl (C=O) groups excluding carboxylic acids is 1. The van der Waals surface area contributed by atoms with Gasteiger partial charge in [0.05, 0.1) is 12.7 Å². The number of amides is 1. The third-order valence-corrected chi connectivity index (χ3v) is 4.33. The van der Waals surface area contributed by atoms with Crippen LogP contribution in [0.4, 0.5) is 0 Å². The number of nitrogens with one attached hydrogen (secondary N) is 1. The minimum Gasteiger partial charge on any atom is -0.497 e. The Labute approximate surface area is 130 Å². The van der Waals surface area contributed by atoms with Crippen LogP contribution < -0.4 is 14.8 Å². The van der Waals surface area contributed by atoms with Crippen LogP contribution in [-0.4, -0.2) is 50.7 Å². The van der Waals surface area contributed by atoms with Gasteiger partial charge in [0.15, 0.2) is 0 Å². The summed E-state index contributed by atoms with van der Waals surface area (Å²) >= 11 is 0. The van der Waals surface area contributed by atoms with Crippen LogP contribution in [0.25, 0.3) is 6.08 Å². The highest BCUT2D eigenvalue weighted by atomic mass is 16.5.